The molecule has 0 spiro atoms. The van der Waals surface area contributed by atoms with Gasteiger partial charge in [0, 0.05) is 6.54 Å². The summed E-state index contributed by atoms with van der Waals surface area (Å²) < 4.78 is 50.2. The Morgan fingerprint density at radius 3 is 2.37 bits per heavy atom. The highest BCUT2D eigenvalue weighted by Crippen LogP contribution is 2.29. The molecule has 0 aliphatic carbocycles. The number of hydrogen-bond donors (Lipinski definition) is 1. The third kappa shape index (κ3) is 2.49. The fourth-order valence-corrected chi connectivity index (χ4v) is 1.57. The van der Waals surface area contributed by atoms with Crippen molar-refractivity contribution in [2.45, 2.75) is 12.7 Å². The largest absolute Gasteiger partial charge is 0.416 e. The molecule has 2 aromatic carbocycles. The molecule has 2 rings (SSSR count). The van der Waals surface area contributed by atoms with Crippen LogP contribution in [0, 0.1) is 5.82 Å². The highest BCUT2D eigenvalue weighted by atomic mass is 19.4. The van der Waals surface area contributed by atoms with Gasteiger partial charge in [0.05, 0.1) is 5.56 Å². The molecule has 2 aromatic rings. The molecule has 100 valence electrons. The van der Waals surface area contributed by atoms with Crippen LogP contribution in [0.4, 0.5) is 23.2 Å². The Kier molecular flexibility index (Phi) is 3.13. The first-order chi connectivity index (χ1) is 8.80. The summed E-state index contributed by atoms with van der Waals surface area (Å²) in [6.07, 6.45) is -4.47. The van der Waals surface area contributed by atoms with Crippen LogP contribution < -0.4 is 16.2 Å². The van der Waals surface area contributed by atoms with Crippen molar-refractivity contribution in [1.82, 2.24) is 0 Å². The van der Waals surface area contributed by atoms with E-state index < -0.39 is 34.1 Å². The molecule has 0 bridgehead atoms. The lowest BCUT2D eigenvalue weighted by molar-refractivity contribution is -0.137. The van der Waals surface area contributed by atoms with Crippen molar-refractivity contribution in [3.05, 3.63) is 61.7 Å². The molecule has 0 saturated heterocycles. The summed E-state index contributed by atoms with van der Waals surface area (Å²) in [6.45, 7) is -0.175. The molecule has 19 heavy (non-hydrogen) atoms. The first-order valence-electron chi connectivity index (χ1n) is 5.19. The van der Waals surface area contributed by atoms with Gasteiger partial charge in [0.2, 0.25) is 5.82 Å². The SMILES string of the molecule is O=c1c(F)c(NCc2cccc(C(F)(F)F)c2)c1=O. The maximum absolute atomic E-state index is 12.9. The van der Waals surface area contributed by atoms with Crippen LogP contribution in [0.1, 0.15) is 11.1 Å². The van der Waals surface area contributed by atoms with Crippen LogP contribution in [-0.4, -0.2) is 0 Å². The monoisotopic (exact) mass is 273 g/mol. The van der Waals surface area contributed by atoms with Crippen LogP contribution in [0.5, 0.6) is 0 Å². The first-order valence-corrected chi connectivity index (χ1v) is 5.19. The zero-order chi connectivity index (χ0) is 14.2. The third-order valence-electron chi connectivity index (χ3n) is 2.58. The molecule has 0 aliphatic heterocycles. The van der Waals surface area contributed by atoms with E-state index in [-0.39, 0.29) is 12.1 Å². The Bertz CT molecular complexity index is 684. The molecular weight excluding hydrogens is 266 g/mol. The fourth-order valence-electron chi connectivity index (χ4n) is 1.57. The lowest BCUT2D eigenvalue weighted by atomic mass is 10.1. The van der Waals surface area contributed by atoms with E-state index in [0.29, 0.717) is 0 Å². The van der Waals surface area contributed by atoms with Crippen molar-refractivity contribution < 1.29 is 17.6 Å². The van der Waals surface area contributed by atoms with Crippen molar-refractivity contribution in [3.8, 4) is 0 Å². The summed E-state index contributed by atoms with van der Waals surface area (Å²) in [5.74, 6) is -1.18. The van der Waals surface area contributed by atoms with Gasteiger partial charge in [-0.25, -0.2) is 4.39 Å². The van der Waals surface area contributed by atoms with Crippen molar-refractivity contribution in [3.63, 3.8) is 0 Å². The Labute approximate surface area is 104 Å². The van der Waals surface area contributed by atoms with Gasteiger partial charge in [-0.2, -0.15) is 13.2 Å². The van der Waals surface area contributed by atoms with E-state index >= 15 is 0 Å². The fraction of sp³-hybridized carbons (Fsp3) is 0.167. The number of nitrogens with one attached hydrogen (secondary N) is 1. The first kappa shape index (κ1) is 13.3. The van der Waals surface area contributed by atoms with E-state index in [2.05, 4.69) is 5.32 Å². The van der Waals surface area contributed by atoms with Gasteiger partial charge in [0.25, 0.3) is 10.9 Å². The molecule has 0 fully saturated rings. The predicted molar refractivity (Wildman–Crippen MR) is 60.1 cm³/mol. The maximum Gasteiger partial charge on any atom is 0.416 e. The molecule has 0 saturated carbocycles. The highest BCUT2D eigenvalue weighted by molar-refractivity contribution is 5.49. The lowest BCUT2D eigenvalue weighted by Crippen LogP contribution is -2.37. The van der Waals surface area contributed by atoms with Gasteiger partial charge < -0.3 is 5.32 Å². The van der Waals surface area contributed by atoms with Crippen LogP contribution >= 0.6 is 0 Å². The minimum absolute atomic E-state index is 0.175. The zero-order valence-electron chi connectivity index (χ0n) is 9.34. The molecule has 0 amide bonds. The van der Waals surface area contributed by atoms with E-state index in [9.17, 15) is 27.2 Å². The summed E-state index contributed by atoms with van der Waals surface area (Å²) in [7, 11) is 0. The average molecular weight is 273 g/mol. The second kappa shape index (κ2) is 4.49. The van der Waals surface area contributed by atoms with Gasteiger partial charge >= 0.3 is 6.18 Å². The average Bonchev–Trinajstić information content (AvgIpc) is 2.37. The molecule has 0 atom stereocenters. The topological polar surface area (TPSA) is 46.2 Å². The normalized spacial score (nSPS) is 11.8. The summed E-state index contributed by atoms with van der Waals surface area (Å²) in [5, 5.41) is 2.31. The minimum Gasteiger partial charge on any atom is -0.375 e. The van der Waals surface area contributed by atoms with E-state index in [0.717, 1.165) is 12.1 Å². The standard InChI is InChI=1S/C12H7F4NO2/c13-8-9(11(19)10(8)18)17-5-6-2-1-3-7(4-6)12(14,15)16/h1-4,17H,5H2. The van der Waals surface area contributed by atoms with Crippen molar-refractivity contribution in [2.24, 2.45) is 0 Å². The van der Waals surface area contributed by atoms with Gasteiger partial charge in [0.1, 0.15) is 5.69 Å². The molecule has 3 nitrogen and oxygen atoms in total. The predicted octanol–water partition coefficient (Wildman–Crippen LogP) is 2.05. The number of rotatable bonds is 3. The quantitative estimate of drug-likeness (QED) is 0.687. The second-order valence-electron chi connectivity index (χ2n) is 3.90. The van der Waals surface area contributed by atoms with Crippen LogP contribution in [0.3, 0.4) is 0 Å². The van der Waals surface area contributed by atoms with E-state index in [1.165, 1.54) is 12.1 Å². The lowest BCUT2D eigenvalue weighted by Gasteiger charge is -2.11. The zero-order valence-corrected chi connectivity index (χ0v) is 9.34. The number of anilines is 1. The number of benzene rings is 1. The molecule has 1 N–H and O–H groups in total. The van der Waals surface area contributed by atoms with E-state index in [4.69, 9.17) is 0 Å². The molecule has 0 heterocycles. The Morgan fingerprint density at radius 1 is 1.11 bits per heavy atom. The minimum atomic E-state index is -4.47. The maximum atomic E-state index is 12.9. The van der Waals surface area contributed by atoms with Crippen LogP contribution in [-0.2, 0) is 12.7 Å². The molecule has 0 radical (unpaired) electrons. The number of alkyl halides is 3. The summed E-state index contributed by atoms with van der Waals surface area (Å²) >= 11 is 0. The number of hydrogen-bond acceptors (Lipinski definition) is 3. The Morgan fingerprint density at radius 2 is 1.79 bits per heavy atom. The number of halogens is 4. The van der Waals surface area contributed by atoms with Crippen molar-refractivity contribution >= 4 is 5.69 Å². The van der Waals surface area contributed by atoms with Crippen molar-refractivity contribution in [1.29, 1.82) is 0 Å². The van der Waals surface area contributed by atoms with Crippen LogP contribution in [0.15, 0.2) is 33.9 Å². The third-order valence-corrected chi connectivity index (χ3v) is 2.58. The summed E-state index contributed by atoms with van der Waals surface area (Å²) in [5.41, 5.74) is -3.31. The smallest absolute Gasteiger partial charge is 0.375 e. The Balaban J connectivity index is 2.13. The van der Waals surface area contributed by atoms with E-state index in [1.54, 1.807) is 0 Å². The molecule has 0 aromatic heterocycles. The van der Waals surface area contributed by atoms with Gasteiger partial charge in [-0.05, 0) is 17.7 Å². The summed E-state index contributed by atoms with van der Waals surface area (Å²) in [4.78, 5) is 21.5. The van der Waals surface area contributed by atoms with Crippen LogP contribution in [0.2, 0.25) is 0 Å². The molecular formula is C12H7F4NO2. The summed E-state index contributed by atoms with van der Waals surface area (Å²) in [6, 6.07) is 4.39. The van der Waals surface area contributed by atoms with E-state index in [1.807, 2.05) is 0 Å². The molecule has 7 heteroatoms. The molecule has 0 aliphatic rings. The van der Waals surface area contributed by atoms with Gasteiger partial charge in [0.15, 0.2) is 0 Å². The van der Waals surface area contributed by atoms with Gasteiger partial charge in [-0.15, -0.1) is 0 Å². The van der Waals surface area contributed by atoms with Gasteiger partial charge in [-0.3, -0.25) is 9.59 Å². The Hall–Kier alpha value is -2.18. The molecule has 0 unspecified atom stereocenters. The highest BCUT2D eigenvalue weighted by Gasteiger charge is 2.30. The van der Waals surface area contributed by atoms with Crippen molar-refractivity contribution in [2.75, 3.05) is 5.32 Å². The second-order valence-corrected chi connectivity index (χ2v) is 3.90. The van der Waals surface area contributed by atoms with Gasteiger partial charge in [-0.1, -0.05) is 12.1 Å². The van der Waals surface area contributed by atoms with Crippen LogP contribution in [0.25, 0.3) is 0 Å².